The molecular formula is C16H23NO4. The molecule has 116 valence electrons. The second kappa shape index (κ2) is 7.67. The van der Waals surface area contributed by atoms with Gasteiger partial charge in [0.15, 0.2) is 6.10 Å². The van der Waals surface area contributed by atoms with Crippen LogP contribution in [-0.2, 0) is 14.3 Å². The lowest BCUT2D eigenvalue weighted by molar-refractivity contribution is -0.147. The number of hydrogen-bond acceptors (Lipinski definition) is 4. The average molecular weight is 293 g/mol. The second-order valence-corrected chi connectivity index (χ2v) is 5.33. The molecule has 0 aliphatic heterocycles. The number of benzene rings is 1. The molecule has 2 atom stereocenters. The zero-order valence-corrected chi connectivity index (χ0v) is 13.2. The number of hydrogen-bond donors (Lipinski definition) is 1. The van der Waals surface area contributed by atoms with E-state index in [1.165, 1.54) is 7.11 Å². The van der Waals surface area contributed by atoms with Crippen LogP contribution in [0.2, 0.25) is 0 Å². The highest BCUT2D eigenvalue weighted by Crippen LogP contribution is 2.13. The first-order valence-corrected chi connectivity index (χ1v) is 6.96. The van der Waals surface area contributed by atoms with Crippen LogP contribution in [0.25, 0.3) is 0 Å². The average Bonchev–Trinajstić information content (AvgIpc) is 2.45. The maximum atomic E-state index is 12.1. The molecule has 0 aromatic heterocycles. The van der Waals surface area contributed by atoms with Gasteiger partial charge >= 0.3 is 5.97 Å². The normalized spacial score (nSPS) is 13.4. The van der Waals surface area contributed by atoms with Crippen molar-refractivity contribution in [2.24, 2.45) is 5.92 Å². The number of rotatable bonds is 6. The van der Waals surface area contributed by atoms with E-state index in [2.05, 4.69) is 5.32 Å². The molecule has 5 nitrogen and oxygen atoms in total. The van der Waals surface area contributed by atoms with Crippen molar-refractivity contribution in [1.82, 2.24) is 5.32 Å². The predicted octanol–water partition coefficient (Wildman–Crippen LogP) is 2.08. The lowest BCUT2D eigenvalue weighted by Gasteiger charge is -2.22. The Bertz CT molecular complexity index is 482. The van der Waals surface area contributed by atoms with Crippen molar-refractivity contribution < 1.29 is 19.1 Å². The summed E-state index contributed by atoms with van der Waals surface area (Å²) in [6.07, 6.45) is -0.696. The molecule has 2 unspecified atom stereocenters. The van der Waals surface area contributed by atoms with Crippen LogP contribution in [0, 0.1) is 12.8 Å². The molecule has 1 amide bonds. The van der Waals surface area contributed by atoms with Crippen molar-refractivity contribution in [3.63, 3.8) is 0 Å². The molecule has 0 bridgehead atoms. The lowest BCUT2D eigenvalue weighted by Crippen LogP contribution is -2.49. The highest BCUT2D eigenvalue weighted by atomic mass is 16.5. The summed E-state index contributed by atoms with van der Waals surface area (Å²) >= 11 is 0. The highest BCUT2D eigenvalue weighted by Gasteiger charge is 2.27. The van der Waals surface area contributed by atoms with Gasteiger partial charge in [-0.25, -0.2) is 4.79 Å². The molecule has 1 rings (SSSR count). The van der Waals surface area contributed by atoms with E-state index in [9.17, 15) is 9.59 Å². The van der Waals surface area contributed by atoms with Gasteiger partial charge in [0.2, 0.25) is 0 Å². The molecule has 0 spiro atoms. The van der Waals surface area contributed by atoms with Crippen LogP contribution in [0.15, 0.2) is 24.3 Å². The topological polar surface area (TPSA) is 64.6 Å². The Morgan fingerprint density at radius 2 is 1.67 bits per heavy atom. The fourth-order valence-corrected chi connectivity index (χ4v) is 1.77. The summed E-state index contributed by atoms with van der Waals surface area (Å²) < 4.78 is 10.3. The van der Waals surface area contributed by atoms with Crippen molar-refractivity contribution >= 4 is 11.9 Å². The number of ether oxygens (including phenoxy) is 2. The minimum absolute atomic E-state index is 0.0621. The zero-order chi connectivity index (χ0) is 16.0. The molecule has 1 aromatic carbocycles. The number of methoxy groups -OCH3 is 1. The van der Waals surface area contributed by atoms with Crippen molar-refractivity contribution in [1.29, 1.82) is 0 Å². The van der Waals surface area contributed by atoms with Gasteiger partial charge in [-0.15, -0.1) is 0 Å². The number of carbonyl (C=O) groups excluding carboxylic acids is 2. The van der Waals surface area contributed by atoms with Crippen molar-refractivity contribution in [2.45, 2.75) is 39.8 Å². The van der Waals surface area contributed by atoms with E-state index in [0.29, 0.717) is 5.75 Å². The molecule has 0 fully saturated rings. The first-order valence-electron chi connectivity index (χ1n) is 6.96. The zero-order valence-electron chi connectivity index (χ0n) is 13.2. The van der Waals surface area contributed by atoms with E-state index in [-0.39, 0.29) is 11.8 Å². The SMILES string of the molecule is COC(=O)C(NC(=O)C(C)Oc1ccc(C)cc1)C(C)C. The monoisotopic (exact) mass is 293 g/mol. The number of esters is 1. The first-order chi connectivity index (χ1) is 9.85. The van der Waals surface area contributed by atoms with E-state index in [1.807, 2.05) is 32.9 Å². The Morgan fingerprint density at radius 1 is 1.10 bits per heavy atom. The van der Waals surface area contributed by atoms with Gasteiger partial charge in [0.05, 0.1) is 7.11 Å². The quantitative estimate of drug-likeness (QED) is 0.816. The Balaban J connectivity index is 2.64. The van der Waals surface area contributed by atoms with Crippen molar-refractivity contribution in [3.8, 4) is 5.75 Å². The van der Waals surface area contributed by atoms with Crippen LogP contribution in [0.1, 0.15) is 26.3 Å². The van der Waals surface area contributed by atoms with Crippen molar-refractivity contribution in [2.75, 3.05) is 7.11 Å². The third-order valence-corrected chi connectivity index (χ3v) is 3.12. The summed E-state index contributed by atoms with van der Waals surface area (Å²) in [6.45, 7) is 7.30. The van der Waals surface area contributed by atoms with Gasteiger partial charge in [0.1, 0.15) is 11.8 Å². The fraction of sp³-hybridized carbons (Fsp3) is 0.500. The Morgan fingerprint density at radius 3 is 2.14 bits per heavy atom. The van der Waals surface area contributed by atoms with Gasteiger partial charge in [-0.3, -0.25) is 4.79 Å². The number of aryl methyl sites for hydroxylation is 1. The summed E-state index contributed by atoms with van der Waals surface area (Å²) in [5.74, 6) is -0.254. The molecule has 1 N–H and O–H groups in total. The molecule has 5 heteroatoms. The van der Waals surface area contributed by atoms with Crippen LogP contribution < -0.4 is 10.1 Å². The maximum Gasteiger partial charge on any atom is 0.328 e. The predicted molar refractivity (Wildman–Crippen MR) is 80.1 cm³/mol. The molecule has 0 saturated carbocycles. The molecule has 21 heavy (non-hydrogen) atoms. The lowest BCUT2D eigenvalue weighted by atomic mass is 10.0. The number of amides is 1. The largest absolute Gasteiger partial charge is 0.481 e. The summed E-state index contributed by atoms with van der Waals surface area (Å²) in [7, 11) is 1.30. The molecule has 0 aliphatic rings. The van der Waals surface area contributed by atoms with E-state index in [4.69, 9.17) is 9.47 Å². The standard InChI is InChI=1S/C16H23NO4/c1-10(2)14(16(19)20-5)17-15(18)12(4)21-13-8-6-11(3)7-9-13/h6-10,12,14H,1-5H3,(H,17,18). The summed E-state index contributed by atoms with van der Waals surface area (Å²) in [6, 6.07) is 6.75. The van der Waals surface area contributed by atoms with Crippen LogP contribution in [0.3, 0.4) is 0 Å². The van der Waals surface area contributed by atoms with Gasteiger partial charge in [0, 0.05) is 0 Å². The van der Waals surface area contributed by atoms with E-state index < -0.39 is 18.1 Å². The minimum atomic E-state index is -0.696. The second-order valence-electron chi connectivity index (χ2n) is 5.33. The number of carbonyl (C=O) groups is 2. The van der Waals surface area contributed by atoms with Crippen LogP contribution >= 0.6 is 0 Å². The molecule has 0 heterocycles. The molecular weight excluding hydrogens is 270 g/mol. The summed E-state index contributed by atoms with van der Waals surface area (Å²) in [5, 5.41) is 2.66. The Hall–Kier alpha value is -2.04. The van der Waals surface area contributed by atoms with Crippen LogP contribution in [-0.4, -0.2) is 31.1 Å². The third-order valence-electron chi connectivity index (χ3n) is 3.12. The van der Waals surface area contributed by atoms with Gasteiger partial charge in [0.25, 0.3) is 5.91 Å². The molecule has 1 aromatic rings. The number of nitrogens with one attached hydrogen (secondary N) is 1. The van der Waals surface area contributed by atoms with E-state index >= 15 is 0 Å². The molecule has 0 radical (unpaired) electrons. The van der Waals surface area contributed by atoms with Gasteiger partial charge in [-0.1, -0.05) is 31.5 Å². The summed E-state index contributed by atoms with van der Waals surface area (Å²) in [5.41, 5.74) is 1.12. The Labute approximate surface area is 125 Å². The van der Waals surface area contributed by atoms with Crippen molar-refractivity contribution in [3.05, 3.63) is 29.8 Å². The molecule has 0 saturated heterocycles. The minimum Gasteiger partial charge on any atom is -0.481 e. The van der Waals surface area contributed by atoms with Crippen LogP contribution in [0.4, 0.5) is 0 Å². The van der Waals surface area contributed by atoms with Gasteiger partial charge in [-0.2, -0.15) is 0 Å². The maximum absolute atomic E-state index is 12.1. The van der Waals surface area contributed by atoms with Gasteiger partial charge in [-0.05, 0) is 31.9 Å². The summed E-state index contributed by atoms with van der Waals surface area (Å²) in [4.78, 5) is 23.7. The highest BCUT2D eigenvalue weighted by molar-refractivity contribution is 5.87. The van der Waals surface area contributed by atoms with Crippen LogP contribution in [0.5, 0.6) is 5.75 Å². The smallest absolute Gasteiger partial charge is 0.328 e. The van der Waals surface area contributed by atoms with E-state index in [0.717, 1.165) is 5.56 Å². The van der Waals surface area contributed by atoms with Gasteiger partial charge < -0.3 is 14.8 Å². The first kappa shape index (κ1) is 17.0. The fourth-order valence-electron chi connectivity index (χ4n) is 1.77. The Kier molecular flexibility index (Phi) is 6.21. The molecule has 0 aliphatic carbocycles. The third kappa shape index (κ3) is 5.10. The van der Waals surface area contributed by atoms with E-state index in [1.54, 1.807) is 19.1 Å².